The van der Waals surface area contributed by atoms with Crippen LogP contribution in [0.1, 0.15) is 55.8 Å². The third kappa shape index (κ3) is 2.66. The summed E-state index contributed by atoms with van der Waals surface area (Å²) in [6.07, 6.45) is 3.51. The number of hydrogen-bond acceptors (Lipinski definition) is 2. The first-order chi connectivity index (χ1) is 11.9. The Morgan fingerprint density at radius 3 is 2.80 bits per heavy atom. The minimum atomic E-state index is 0.0342. The SMILES string of the molecule is Cc1ccc([C@@H]2CCCN2C(=O)N[C@@H]2[C@@H]3CCO[C@@H]3C2(C)C)cc1C. The maximum absolute atomic E-state index is 13.0. The number of likely N-dealkylation sites (tertiary alicyclic amines) is 1. The van der Waals surface area contributed by atoms with Gasteiger partial charge in [-0.15, -0.1) is 0 Å². The Bertz CT molecular complexity index is 684. The highest BCUT2D eigenvalue weighted by molar-refractivity contribution is 5.76. The summed E-state index contributed by atoms with van der Waals surface area (Å²) in [5.41, 5.74) is 3.91. The van der Waals surface area contributed by atoms with Gasteiger partial charge in [0.1, 0.15) is 0 Å². The quantitative estimate of drug-likeness (QED) is 0.884. The molecule has 136 valence electrons. The van der Waals surface area contributed by atoms with Crippen molar-refractivity contribution in [1.82, 2.24) is 10.2 Å². The molecule has 1 aromatic rings. The first-order valence-electron chi connectivity index (χ1n) is 9.65. The van der Waals surface area contributed by atoms with Gasteiger partial charge in [-0.05, 0) is 49.8 Å². The van der Waals surface area contributed by atoms with E-state index in [4.69, 9.17) is 4.74 Å². The van der Waals surface area contributed by atoms with E-state index in [1.54, 1.807) is 0 Å². The molecule has 2 aliphatic heterocycles. The number of ether oxygens (including phenoxy) is 1. The fourth-order valence-electron chi connectivity index (χ4n) is 5.16. The van der Waals surface area contributed by atoms with Crippen molar-refractivity contribution >= 4 is 6.03 Å². The summed E-state index contributed by atoms with van der Waals surface area (Å²) in [6, 6.07) is 7.15. The lowest BCUT2D eigenvalue weighted by atomic mass is 9.57. The number of hydrogen-bond donors (Lipinski definition) is 1. The highest BCUT2D eigenvalue weighted by Crippen LogP contribution is 2.52. The first-order valence-corrected chi connectivity index (χ1v) is 9.65. The molecular formula is C21H30N2O2. The second-order valence-electron chi connectivity index (χ2n) is 8.69. The number of amides is 2. The largest absolute Gasteiger partial charge is 0.377 e. The van der Waals surface area contributed by atoms with E-state index in [9.17, 15) is 4.79 Å². The third-order valence-electron chi connectivity index (χ3n) is 6.81. The Morgan fingerprint density at radius 1 is 1.24 bits per heavy atom. The molecule has 2 saturated heterocycles. The summed E-state index contributed by atoms with van der Waals surface area (Å²) >= 11 is 0. The Kier molecular flexibility index (Phi) is 4.06. The van der Waals surface area contributed by atoms with Gasteiger partial charge in [0.25, 0.3) is 0 Å². The smallest absolute Gasteiger partial charge is 0.318 e. The van der Waals surface area contributed by atoms with Gasteiger partial charge < -0.3 is 15.0 Å². The standard InChI is InChI=1S/C21H30N2O2/c1-13-7-8-15(12-14(13)2)17-6-5-10-23(17)20(24)22-18-16-9-11-25-19(16)21(18,3)4/h7-8,12,16-19H,5-6,9-11H2,1-4H3,(H,22,24)/t16-,17-,18+,19-/m0/s1. The molecule has 2 amide bonds. The average Bonchev–Trinajstić information content (AvgIpc) is 3.23. The summed E-state index contributed by atoms with van der Waals surface area (Å²) in [7, 11) is 0. The summed E-state index contributed by atoms with van der Waals surface area (Å²) in [4.78, 5) is 15.1. The van der Waals surface area contributed by atoms with Crippen molar-refractivity contribution in [2.45, 2.75) is 65.1 Å². The summed E-state index contributed by atoms with van der Waals surface area (Å²) in [5, 5.41) is 3.35. The van der Waals surface area contributed by atoms with Crippen LogP contribution in [0.5, 0.6) is 0 Å². The topological polar surface area (TPSA) is 41.6 Å². The molecule has 0 aromatic heterocycles. The van der Waals surface area contributed by atoms with Crippen molar-refractivity contribution < 1.29 is 9.53 Å². The van der Waals surface area contributed by atoms with Crippen molar-refractivity contribution in [2.24, 2.45) is 11.3 Å². The number of urea groups is 1. The molecule has 3 fully saturated rings. The Balaban J connectivity index is 1.48. The number of fused-ring (bicyclic) bond motifs is 1. The maximum atomic E-state index is 13.0. The molecule has 4 rings (SSSR count). The average molecular weight is 342 g/mol. The summed E-state index contributed by atoms with van der Waals surface area (Å²) < 4.78 is 5.85. The molecule has 0 spiro atoms. The van der Waals surface area contributed by atoms with E-state index in [2.05, 4.69) is 51.2 Å². The predicted molar refractivity (Wildman–Crippen MR) is 98.5 cm³/mol. The highest BCUT2D eigenvalue weighted by atomic mass is 16.5. The van der Waals surface area contributed by atoms with Crippen LogP contribution in [-0.4, -0.2) is 36.2 Å². The molecule has 0 unspecified atom stereocenters. The predicted octanol–water partition coefficient (Wildman–Crippen LogP) is 3.96. The van der Waals surface area contributed by atoms with Gasteiger partial charge in [-0.25, -0.2) is 4.79 Å². The number of carbonyl (C=O) groups is 1. The van der Waals surface area contributed by atoms with E-state index in [1.165, 1.54) is 16.7 Å². The van der Waals surface area contributed by atoms with Crippen LogP contribution in [0.25, 0.3) is 0 Å². The van der Waals surface area contributed by atoms with Crippen molar-refractivity contribution in [1.29, 1.82) is 0 Å². The molecule has 4 nitrogen and oxygen atoms in total. The van der Waals surface area contributed by atoms with Gasteiger partial charge in [-0.2, -0.15) is 0 Å². The van der Waals surface area contributed by atoms with Crippen LogP contribution < -0.4 is 5.32 Å². The summed E-state index contributed by atoms with van der Waals surface area (Å²) in [6.45, 7) is 10.4. The minimum absolute atomic E-state index is 0.0342. The second kappa shape index (κ2) is 6.01. The molecule has 1 N–H and O–H groups in total. The lowest BCUT2D eigenvalue weighted by Gasteiger charge is -2.54. The number of aryl methyl sites for hydroxylation is 2. The van der Waals surface area contributed by atoms with Crippen LogP contribution in [0.4, 0.5) is 4.79 Å². The molecule has 2 heterocycles. The van der Waals surface area contributed by atoms with Gasteiger partial charge in [0, 0.05) is 30.5 Å². The molecule has 0 bridgehead atoms. The molecule has 1 aliphatic carbocycles. The molecule has 3 aliphatic rings. The van der Waals surface area contributed by atoms with Gasteiger partial charge in [0.15, 0.2) is 0 Å². The monoisotopic (exact) mass is 342 g/mol. The van der Waals surface area contributed by atoms with Crippen molar-refractivity contribution in [3.63, 3.8) is 0 Å². The maximum Gasteiger partial charge on any atom is 0.318 e. The zero-order valence-electron chi connectivity index (χ0n) is 15.8. The van der Waals surface area contributed by atoms with Crippen LogP contribution in [-0.2, 0) is 4.74 Å². The normalized spacial score (nSPS) is 33.0. The van der Waals surface area contributed by atoms with E-state index in [-0.39, 0.29) is 23.5 Å². The van der Waals surface area contributed by atoms with E-state index in [1.807, 2.05) is 4.90 Å². The van der Waals surface area contributed by atoms with E-state index in [0.29, 0.717) is 12.0 Å². The second-order valence-corrected chi connectivity index (χ2v) is 8.69. The lowest BCUT2D eigenvalue weighted by Crippen LogP contribution is -2.67. The number of carbonyl (C=O) groups excluding carboxylic acids is 1. The fraction of sp³-hybridized carbons (Fsp3) is 0.667. The van der Waals surface area contributed by atoms with Crippen LogP contribution in [0.2, 0.25) is 0 Å². The van der Waals surface area contributed by atoms with Crippen LogP contribution in [0.3, 0.4) is 0 Å². The van der Waals surface area contributed by atoms with Crippen molar-refractivity contribution in [3.8, 4) is 0 Å². The number of nitrogens with one attached hydrogen (secondary N) is 1. The zero-order chi connectivity index (χ0) is 17.8. The zero-order valence-corrected chi connectivity index (χ0v) is 15.8. The van der Waals surface area contributed by atoms with Gasteiger partial charge in [0.05, 0.1) is 12.1 Å². The number of rotatable bonds is 2. The van der Waals surface area contributed by atoms with Gasteiger partial charge in [0.2, 0.25) is 0 Å². The lowest BCUT2D eigenvalue weighted by molar-refractivity contribution is -0.109. The molecule has 4 atom stereocenters. The van der Waals surface area contributed by atoms with Crippen LogP contribution in [0, 0.1) is 25.2 Å². The molecule has 25 heavy (non-hydrogen) atoms. The van der Waals surface area contributed by atoms with Gasteiger partial charge in [-0.1, -0.05) is 32.0 Å². The number of benzene rings is 1. The van der Waals surface area contributed by atoms with Crippen molar-refractivity contribution in [2.75, 3.05) is 13.2 Å². The molecule has 1 saturated carbocycles. The van der Waals surface area contributed by atoms with E-state index < -0.39 is 0 Å². The van der Waals surface area contributed by atoms with E-state index >= 15 is 0 Å². The third-order valence-corrected chi connectivity index (χ3v) is 6.81. The van der Waals surface area contributed by atoms with Gasteiger partial charge >= 0.3 is 6.03 Å². The Hall–Kier alpha value is -1.55. The molecular weight excluding hydrogens is 312 g/mol. The molecule has 0 radical (unpaired) electrons. The summed E-state index contributed by atoms with van der Waals surface area (Å²) in [5.74, 6) is 0.488. The van der Waals surface area contributed by atoms with Crippen molar-refractivity contribution in [3.05, 3.63) is 34.9 Å². The highest BCUT2D eigenvalue weighted by Gasteiger charge is 2.60. The Labute approximate surface area is 150 Å². The van der Waals surface area contributed by atoms with Crippen LogP contribution >= 0.6 is 0 Å². The fourth-order valence-corrected chi connectivity index (χ4v) is 5.16. The number of nitrogens with zero attached hydrogens (tertiary/aromatic N) is 1. The van der Waals surface area contributed by atoms with Gasteiger partial charge in [-0.3, -0.25) is 0 Å². The van der Waals surface area contributed by atoms with E-state index in [0.717, 1.165) is 32.4 Å². The molecule has 1 aromatic carbocycles. The Morgan fingerprint density at radius 2 is 2.04 bits per heavy atom. The first kappa shape index (κ1) is 16.9. The minimum Gasteiger partial charge on any atom is -0.377 e. The molecule has 4 heteroatoms. The van der Waals surface area contributed by atoms with Crippen LogP contribution in [0.15, 0.2) is 18.2 Å².